The molecule has 0 bridgehead atoms. The molecule has 1 heterocycles. The number of rotatable bonds is 5. The van der Waals surface area contributed by atoms with Gasteiger partial charge in [-0.2, -0.15) is 0 Å². The number of hydrogen-bond donors (Lipinski definition) is 1. The standard InChI is InChI=1S/C15H18N4O7S/c1-4-9-26-14-16-19(15(22)18(14)2)13(21)17-27(23,24)11-8-6-5-7-10(11)12(20)25-3/h5-8H,4,9H2,1-3H3,(H,17,21,23,24). The highest BCUT2D eigenvalue weighted by Crippen LogP contribution is 2.18. The van der Waals surface area contributed by atoms with Gasteiger partial charge in [-0.15, -0.1) is 14.1 Å². The molecular formula is C15H18N4O7S. The van der Waals surface area contributed by atoms with Crippen molar-refractivity contribution in [3.63, 3.8) is 0 Å². The zero-order valence-corrected chi connectivity index (χ0v) is 15.6. The van der Waals surface area contributed by atoms with Crippen LogP contribution in [0.3, 0.4) is 0 Å². The van der Waals surface area contributed by atoms with E-state index < -0.39 is 32.6 Å². The Balaban J connectivity index is 2.50. The average Bonchev–Trinajstić information content (AvgIpc) is 2.93. The molecule has 12 heteroatoms. The van der Waals surface area contributed by atoms with Crippen LogP contribution in [0, 0.1) is 0 Å². The number of nitrogens with zero attached hydrogens (tertiary/aromatic N) is 4. The van der Waals surface area contributed by atoms with E-state index >= 15 is 0 Å². The lowest BCUT2D eigenvalue weighted by atomic mass is 10.2. The quantitative estimate of drug-likeness (QED) is 0.739. The number of amides is 1. The smallest absolute Gasteiger partial charge is 0.383 e. The summed E-state index contributed by atoms with van der Waals surface area (Å²) in [5, 5.41) is 3.67. The fraction of sp³-hybridized carbons (Fsp3) is 0.333. The highest BCUT2D eigenvalue weighted by atomic mass is 32.2. The number of carbonyl (C=O) groups is 2. The molecule has 1 amide bonds. The van der Waals surface area contributed by atoms with Crippen molar-refractivity contribution in [2.24, 2.45) is 11.4 Å². The van der Waals surface area contributed by atoms with Crippen molar-refractivity contribution in [1.29, 1.82) is 0 Å². The Morgan fingerprint density at radius 3 is 2.63 bits per heavy atom. The molecule has 0 saturated heterocycles. The summed E-state index contributed by atoms with van der Waals surface area (Å²) in [7, 11) is -1.93. The Morgan fingerprint density at radius 1 is 1.33 bits per heavy atom. The minimum atomic E-state index is -4.36. The van der Waals surface area contributed by atoms with E-state index in [9.17, 15) is 23.1 Å². The number of benzene rings is 1. The third-order valence-corrected chi connectivity index (χ3v) is 4.67. The van der Waals surface area contributed by atoms with Crippen LogP contribution in [0.25, 0.3) is 0 Å². The fourth-order valence-electron chi connectivity index (χ4n) is 2.03. The van der Waals surface area contributed by atoms with Crippen LogP contribution in [0.5, 0.6) is 6.01 Å². The zero-order valence-electron chi connectivity index (χ0n) is 14.8. The molecule has 0 aliphatic rings. The minimum absolute atomic E-state index is 0.134. The molecule has 1 N–H and O–H groups in total. The Hall–Kier alpha value is -2.99. The van der Waals surface area contributed by atoms with Crippen molar-refractivity contribution in [1.82, 2.24) is 14.3 Å². The van der Waals surface area contributed by atoms with Crippen LogP contribution in [0.1, 0.15) is 23.7 Å². The van der Waals surface area contributed by atoms with Gasteiger partial charge in [0.05, 0.1) is 24.2 Å². The second-order valence-corrected chi connectivity index (χ2v) is 6.86. The number of esters is 1. The summed E-state index contributed by atoms with van der Waals surface area (Å²) in [6.07, 6.45) is 0.647. The molecule has 1 aromatic heterocycles. The second kappa shape index (κ2) is 8.14. The molecule has 1 unspecified atom stereocenters. The normalized spacial score (nSPS) is 12.9. The van der Waals surface area contributed by atoms with Crippen molar-refractivity contribution in [3.8, 4) is 6.01 Å². The van der Waals surface area contributed by atoms with Gasteiger partial charge in [-0.05, 0) is 18.6 Å². The molecule has 1 atom stereocenters. The number of hydrogen-bond acceptors (Lipinski definition) is 7. The number of ether oxygens (including phenoxy) is 2. The first-order valence-corrected chi connectivity index (χ1v) is 9.20. The van der Waals surface area contributed by atoms with E-state index in [-0.39, 0.29) is 18.2 Å². The van der Waals surface area contributed by atoms with E-state index in [1.54, 1.807) is 0 Å². The van der Waals surface area contributed by atoms with Crippen LogP contribution in [0.15, 0.2) is 38.3 Å². The first-order valence-electron chi connectivity index (χ1n) is 7.73. The van der Waals surface area contributed by atoms with Gasteiger partial charge >= 0.3 is 23.7 Å². The van der Waals surface area contributed by atoms with Gasteiger partial charge in [-0.25, -0.2) is 23.2 Å². The van der Waals surface area contributed by atoms with Gasteiger partial charge in [0.1, 0.15) is 0 Å². The average molecular weight is 398 g/mol. The monoisotopic (exact) mass is 398 g/mol. The van der Waals surface area contributed by atoms with Crippen molar-refractivity contribution >= 4 is 22.0 Å². The van der Waals surface area contributed by atoms with Crippen molar-refractivity contribution < 1.29 is 27.8 Å². The predicted octanol–water partition coefficient (Wildman–Crippen LogP) is 1.13. The van der Waals surface area contributed by atoms with E-state index in [0.717, 1.165) is 17.7 Å². The molecule has 11 nitrogen and oxygen atoms in total. The van der Waals surface area contributed by atoms with Gasteiger partial charge in [0.2, 0.25) is 10.0 Å². The maximum Gasteiger partial charge on any atom is 0.383 e. The van der Waals surface area contributed by atoms with Crippen molar-refractivity contribution in [2.75, 3.05) is 13.7 Å². The first-order chi connectivity index (χ1) is 12.7. The Bertz CT molecular complexity index is 1050. The molecule has 27 heavy (non-hydrogen) atoms. The fourth-order valence-corrected chi connectivity index (χ4v) is 3.11. The van der Waals surface area contributed by atoms with Gasteiger partial charge < -0.3 is 9.47 Å². The summed E-state index contributed by atoms with van der Waals surface area (Å²) >= 11 is 0. The van der Waals surface area contributed by atoms with E-state index in [0.29, 0.717) is 11.1 Å². The summed E-state index contributed by atoms with van der Waals surface area (Å²) in [5.41, 5.74) is -1.13. The third kappa shape index (κ3) is 4.23. The van der Waals surface area contributed by atoms with Gasteiger partial charge in [0.15, 0.2) is 0 Å². The third-order valence-electron chi connectivity index (χ3n) is 3.34. The molecule has 2 rings (SSSR count). The number of methoxy groups -OCH3 is 1. The maximum atomic E-state index is 12.6. The topological polar surface area (TPSA) is 142 Å². The molecular weight excluding hydrogens is 380 g/mol. The second-order valence-electron chi connectivity index (χ2n) is 5.24. The van der Waals surface area contributed by atoms with Crippen LogP contribution in [0.2, 0.25) is 0 Å². The number of aromatic nitrogens is 3. The first kappa shape index (κ1) is 20.3. The Kier molecular flexibility index (Phi) is 6.13. The van der Waals surface area contributed by atoms with Gasteiger partial charge in [0.25, 0.3) is 0 Å². The SMILES string of the molecule is CCCOc1nn(C(=O)N=S(=O)(O)c2ccccc2C(=O)OC)c(=O)n1C. The van der Waals surface area contributed by atoms with Crippen molar-refractivity contribution in [3.05, 3.63) is 40.3 Å². The lowest BCUT2D eigenvalue weighted by Crippen LogP contribution is -2.28. The van der Waals surface area contributed by atoms with E-state index in [4.69, 9.17) is 4.74 Å². The highest BCUT2D eigenvalue weighted by molar-refractivity contribution is 7.88. The predicted molar refractivity (Wildman–Crippen MR) is 93.3 cm³/mol. The van der Waals surface area contributed by atoms with E-state index in [1.165, 1.54) is 25.2 Å². The zero-order chi connectivity index (χ0) is 20.2. The Morgan fingerprint density at radius 2 is 2.00 bits per heavy atom. The minimum Gasteiger partial charge on any atom is -0.465 e. The molecule has 146 valence electrons. The molecule has 0 aliphatic carbocycles. The van der Waals surface area contributed by atoms with Gasteiger partial charge in [0, 0.05) is 7.05 Å². The summed E-state index contributed by atoms with van der Waals surface area (Å²) < 4.78 is 37.0. The summed E-state index contributed by atoms with van der Waals surface area (Å²) in [6, 6.07) is 3.73. The van der Waals surface area contributed by atoms with Crippen LogP contribution in [0.4, 0.5) is 4.79 Å². The Labute approximate surface area is 154 Å². The largest absolute Gasteiger partial charge is 0.465 e. The molecule has 1 aromatic carbocycles. The molecule has 0 fully saturated rings. The van der Waals surface area contributed by atoms with E-state index in [2.05, 4.69) is 14.2 Å². The van der Waals surface area contributed by atoms with E-state index in [1.807, 2.05) is 6.92 Å². The molecule has 0 spiro atoms. The van der Waals surface area contributed by atoms with Gasteiger partial charge in [-0.3, -0.25) is 4.55 Å². The maximum absolute atomic E-state index is 12.6. The molecule has 0 saturated carbocycles. The molecule has 2 aromatic rings. The van der Waals surface area contributed by atoms with Crippen molar-refractivity contribution in [2.45, 2.75) is 18.2 Å². The summed E-state index contributed by atoms with van der Waals surface area (Å²) in [6.45, 7) is 2.11. The lowest BCUT2D eigenvalue weighted by Gasteiger charge is -2.07. The summed E-state index contributed by atoms with van der Waals surface area (Å²) in [5.74, 6) is -0.875. The number of carbonyl (C=O) groups excluding carboxylic acids is 2. The van der Waals surface area contributed by atoms with Gasteiger partial charge in [-0.1, -0.05) is 19.1 Å². The van der Waals surface area contributed by atoms with Crippen LogP contribution in [-0.2, 0) is 21.8 Å². The van der Waals surface area contributed by atoms with Crippen LogP contribution >= 0.6 is 0 Å². The molecule has 0 radical (unpaired) electrons. The van der Waals surface area contributed by atoms with Crippen LogP contribution in [-0.4, -0.2) is 48.8 Å². The highest BCUT2D eigenvalue weighted by Gasteiger charge is 2.23. The summed E-state index contributed by atoms with van der Waals surface area (Å²) in [4.78, 5) is 35.7. The molecule has 0 aliphatic heterocycles. The van der Waals surface area contributed by atoms with Crippen LogP contribution < -0.4 is 10.4 Å². The lowest BCUT2D eigenvalue weighted by molar-refractivity contribution is 0.0596.